The second-order valence-corrected chi connectivity index (χ2v) is 5.06. The first-order valence-corrected chi connectivity index (χ1v) is 5.98. The molecule has 0 aliphatic heterocycles. The molecule has 0 spiro atoms. The van der Waals surface area contributed by atoms with Crippen molar-refractivity contribution >= 4 is 0 Å². The summed E-state index contributed by atoms with van der Waals surface area (Å²) in [4.78, 5) is 0. The fourth-order valence-corrected chi connectivity index (χ4v) is 3.49. The Morgan fingerprint density at radius 2 is 1.54 bits per heavy atom. The quantitative estimate of drug-likeness (QED) is 0.695. The molecule has 2 rings (SSSR count). The molecule has 0 unspecified atom stereocenters. The van der Waals surface area contributed by atoms with Gasteiger partial charge in [-0.1, -0.05) is 32.1 Å². The van der Waals surface area contributed by atoms with Gasteiger partial charge in [0.1, 0.15) is 0 Å². The van der Waals surface area contributed by atoms with Crippen LogP contribution in [0, 0.1) is 11.3 Å². The first-order chi connectivity index (χ1) is 6.37. The smallest absolute Gasteiger partial charge is 0.0490 e. The number of aliphatic hydroxyl groups is 1. The maximum atomic E-state index is 9.60. The average molecular weight is 182 g/mol. The summed E-state index contributed by atoms with van der Waals surface area (Å²) < 4.78 is 0. The fourth-order valence-electron chi connectivity index (χ4n) is 3.49. The van der Waals surface area contributed by atoms with Gasteiger partial charge >= 0.3 is 0 Å². The lowest BCUT2D eigenvalue weighted by atomic mass is 9.66. The van der Waals surface area contributed by atoms with Gasteiger partial charge < -0.3 is 5.11 Å². The van der Waals surface area contributed by atoms with E-state index < -0.39 is 0 Å². The predicted octanol–water partition coefficient (Wildman–Crippen LogP) is 3.12. The number of hydrogen-bond acceptors (Lipinski definition) is 1. The van der Waals surface area contributed by atoms with E-state index in [0.29, 0.717) is 12.0 Å². The summed E-state index contributed by atoms with van der Waals surface area (Å²) in [6, 6.07) is 0. The van der Waals surface area contributed by atoms with Gasteiger partial charge in [-0.05, 0) is 37.0 Å². The van der Waals surface area contributed by atoms with Gasteiger partial charge in [0.15, 0.2) is 0 Å². The molecule has 0 aromatic rings. The highest BCUT2D eigenvalue weighted by molar-refractivity contribution is 4.90. The minimum atomic E-state index is 0.356. The van der Waals surface area contributed by atoms with E-state index in [0.717, 1.165) is 5.92 Å². The first-order valence-electron chi connectivity index (χ1n) is 5.98. The Labute approximate surface area is 81.5 Å². The Balaban J connectivity index is 2.03. The summed E-state index contributed by atoms with van der Waals surface area (Å²) >= 11 is 0. The van der Waals surface area contributed by atoms with Crippen LogP contribution < -0.4 is 0 Å². The third-order valence-electron chi connectivity index (χ3n) is 4.39. The Morgan fingerprint density at radius 3 is 2.08 bits per heavy atom. The van der Waals surface area contributed by atoms with E-state index >= 15 is 0 Å². The standard InChI is InChI=1S/C12H22O/c13-10-12(8-4-1-5-9-12)11-6-2-3-7-11/h11,13H,1-10H2. The van der Waals surface area contributed by atoms with E-state index in [1.54, 1.807) is 0 Å². The Hall–Kier alpha value is -0.0400. The van der Waals surface area contributed by atoms with E-state index in [4.69, 9.17) is 0 Å². The fraction of sp³-hybridized carbons (Fsp3) is 1.00. The zero-order valence-corrected chi connectivity index (χ0v) is 8.60. The van der Waals surface area contributed by atoms with E-state index in [1.807, 2.05) is 0 Å². The molecule has 0 amide bonds. The summed E-state index contributed by atoms with van der Waals surface area (Å²) in [7, 11) is 0. The van der Waals surface area contributed by atoms with Gasteiger partial charge in [0.25, 0.3) is 0 Å². The average Bonchev–Trinajstić information content (AvgIpc) is 2.72. The van der Waals surface area contributed by atoms with Crippen molar-refractivity contribution in [3.63, 3.8) is 0 Å². The molecule has 1 nitrogen and oxygen atoms in total. The van der Waals surface area contributed by atoms with Crippen molar-refractivity contribution in [1.29, 1.82) is 0 Å². The van der Waals surface area contributed by atoms with Crippen LogP contribution in [-0.4, -0.2) is 11.7 Å². The van der Waals surface area contributed by atoms with Gasteiger partial charge in [0, 0.05) is 6.61 Å². The van der Waals surface area contributed by atoms with Crippen molar-refractivity contribution in [3.05, 3.63) is 0 Å². The molecule has 0 heterocycles. The number of hydrogen-bond donors (Lipinski definition) is 1. The normalized spacial score (nSPS) is 29.3. The van der Waals surface area contributed by atoms with Crippen LogP contribution >= 0.6 is 0 Å². The van der Waals surface area contributed by atoms with Crippen molar-refractivity contribution in [2.75, 3.05) is 6.61 Å². The highest BCUT2D eigenvalue weighted by Gasteiger charge is 2.40. The minimum absolute atomic E-state index is 0.356. The highest BCUT2D eigenvalue weighted by atomic mass is 16.3. The lowest BCUT2D eigenvalue weighted by Gasteiger charge is -2.41. The molecule has 1 heteroatoms. The van der Waals surface area contributed by atoms with Crippen LogP contribution in [0.5, 0.6) is 0 Å². The van der Waals surface area contributed by atoms with Crippen molar-refractivity contribution in [2.45, 2.75) is 57.8 Å². The molecule has 2 aliphatic rings. The third-order valence-corrected chi connectivity index (χ3v) is 4.39. The zero-order chi connectivity index (χ0) is 9.15. The molecule has 1 N–H and O–H groups in total. The van der Waals surface area contributed by atoms with E-state index in [1.165, 1.54) is 57.8 Å². The Morgan fingerprint density at radius 1 is 0.923 bits per heavy atom. The van der Waals surface area contributed by atoms with Crippen LogP contribution in [0.25, 0.3) is 0 Å². The van der Waals surface area contributed by atoms with Gasteiger partial charge in [0.2, 0.25) is 0 Å². The van der Waals surface area contributed by atoms with Gasteiger partial charge in [-0.2, -0.15) is 0 Å². The molecule has 2 saturated carbocycles. The molecular weight excluding hydrogens is 160 g/mol. The molecule has 0 aromatic heterocycles. The van der Waals surface area contributed by atoms with Gasteiger partial charge in [-0.15, -0.1) is 0 Å². The summed E-state index contributed by atoms with van der Waals surface area (Å²) in [5.41, 5.74) is 0.356. The number of aliphatic hydroxyl groups excluding tert-OH is 1. The molecule has 2 aliphatic carbocycles. The second-order valence-electron chi connectivity index (χ2n) is 5.06. The van der Waals surface area contributed by atoms with Crippen molar-refractivity contribution in [3.8, 4) is 0 Å². The Kier molecular flexibility index (Phi) is 2.92. The maximum absolute atomic E-state index is 9.60. The van der Waals surface area contributed by atoms with E-state index in [-0.39, 0.29) is 0 Å². The SMILES string of the molecule is OCC1(C2CCCC2)CCCCC1. The number of rotatable bonds is 2. The topological polar surface area (TPSA) is 20.2 Å². The van der Waals surface area contributed by atoms with Crippen LogP contribution in [-0.2, 0) is 0 Å². The van der Waals surface area contributed by atoms with Crippen molar-refractivity contribution in [1.82, 2.24) is 0 Å². The zero-order valence-electron chi connectivity index (χ0n) is 8.60. The van der Waals surface area contributed by atoms with Crippen LogP contribution in [0.1, 0.15) is 57.8 Å². The molecule has 0 saturated heterocycles. The molecule has 13 heavy (non-hydrogen) atoms. The first kappa shape index (κ1) is 9.51. The molecule has 0 aromatic carbocycles. The highest BCUT2D eigenvalue weighted by Crippen LogP contribution is 2.48. The van der Waals surface area contributed by atoms with Crippen LogP contribution in [0.3, 0.4) is 0 Å². The molecule has 0 bridgehead atoms. The monoisotopic (exact) mass is 182 g/mol. The molecule has 0 atom stereocenters. The minimum Gasteiger partial charge on any atom is -0.396 e. The second kappa shape index (κ2) is 4.00. The Bertz CT molecular complexity index is 153. The molecule has 2 fully saturated rings. The summed E-state index contributed by atoms with van der Waals surface area (Å²) in [5, 5.41) is 9.60. The summed E-state index contributed by atoms with van der Waals surface area (Å²) in [6.07, 6.45) is 12.3. The molecule has 76 valence electrons. The van der Waals surface area contributed by atoms with Crippen LogP contribution in [0.2, 0.25) is 0 Å². The molecular formula is C12H22O. The summed E-state index contributed by atoms with van der Waals surface area (Å²) in [6.45, 7) is 0.456. The third kappa shape index (κ3) is 1.76. The van der Waals surface area contributed by atoms with Crippen molar-refractivity contribution in [2.24, 2.45) is 11.3 Å². The lowest BCUT2D eigenvalue weighted by Crippen LogP contribution is -2.35. The predicted molar refractivity (Wildman–Crippen MR) is 54.6 cm³/mol. The van der Waals surface area contributed by atoms with Gasteiger partial charge in [-0.3, -0.25) is 0 Å². The largest absolute Gasteiger partial charge is 0.396 e. The van der Waals surface area contributed by atoms with Gasteiger partial charge in [0.05, 0.1) is 0 Å². The van der Waals surface area contributed by atoms with Crippen molar-refractivity contribution < 1.29 is 5.11 Å². The van der Waals surface area contributed by atoms with E-state index in [9.17, 15) is 5.11 Å². The maximum Gasteiger partial charge on any atom is 0.0490 e. The molecule has 0 radical (unpaired) electrons. The van der Waals surface area contributed by atoms with Crippen LogP contribution in [0.15, 0.2) is 0 Å². The summed E-state index contributed by atoms with van der Waals surface area (Å²) in [5.74, 6) is 0.859. The van der Waals surface area contributed by atoms with E-state index in [2.05, 4.69) is 0 Å². The van der Waals surface area contributed by atoms with Gasteiger partial charge in [-0.25, -0.2) is 0 Å². The van der Waals surface area contributed by atoms with Crippen LogP contribution in [0.4, 0.5) is 0 Å². The lowest BCUT2D eigenvalue weighted by molar-refractivity contribution is 0.0255.